The zero-order valence-corrected chi connectivity index (χ0v) is 13.6. The Morgan fingerprint density at radius 2 is 1.73 bits per heavy atom. The SMILES string of the molecule is CCC1=C(Br)C(OC(=O)O)(OC(=O)O)c2cccc(CC)c21. The third-order valence-electron chi connectivity index (χ3n) is 3.56. The number of fused-ring (bicyclic) bond motifs is 1. The van der Waals surface area contributed by atoms with Gasteiger partial charge in [0, 0.05) is 5.56 Å². The van der Waals surface area contributed by atoms with Gasteiger partial charge in [-0.15, -0.1) is 0 Å². The molecule has 7 heteroatoms. The first-order valence-corrected chi connectivity index (χ1v) is 7.52. The number of carboxylic acid groups (broad SMARTS) is 2. The Bertz CT molecular complexity index is 648. The molecule has 0 heterocycles. The molecule has 1 aromatic carbocycles. The van der Waals surface area contributed by atoms with Crippen LogP contribution in [0.25, 0.3) is 5.57 Å². The van der Waals surface area contributed by atoms with E-state index in [1.54, 1.807) is 12.1 Å². The summed E-state index contributed by atoms with van der Waals surface area (Å²) in [5, 5.41) is 18.1. The Labute approximate surface area is 135 Å². The topological polar surface area (TPSA) is 93.1 Å². The van der Waals surface area contributed by atoms with Gasteiger partial charge < -0.3 is 19.7 Å². The van der Waals surface area contributed by atoms with Gasteiger partial charge in [-0.1, -0.05) is 32.0 Å². The van der Waals surface area contributed by atoms with E-state index in [2.05, 4.69) is 15.9 Å². The van der Waals surface area contributed by atoms with E-state index in [9.17, 15) is 9.59 Å². The van der Waals surface area contributed by atoms with Gasteiger partial charge in [0.05, 0.1) is 4.48 Å². The molecular weight excluding hydrogens is 356 g/mol. The van der Waals surface area contributed by atoms with E-state index in [1.165, 1.54) is 0 Å². The molecule has 0 spiro atoms. The minimum atomic E-state index is -2.01. The lowest BCUT2D eigenvalue weighted by Gasteiger charge is -2.28. The average molecular weight is 371 g/mol. The Balaban J connectivity index is 2.78. The van der Waals surface area contributed by atoms with E-state index in [0.717, 1.165) is 16.7 Å². The number of aryl methyl sites for hydroxylation is 1. The van der Waals surface area contributed by atoms with Crippen LogP contribution >= 0.6 is 15.9 Å². The van der Waals surface area contributed by atoms with Crippen molar-refractivity contribution in [1.82, 2.24) is 0 Å². The van der Waals surface area contributed by atoms with Crippen LogP contribution in [0.5, 0.6) is 0 Å². The molecule has 0 saturated heterocycles. The first-order valence-electron chi connectivity index (χ1n) is 6.73. The number of carbonyl (C=O) groups is 2. The van der Waals surface area contributed by atoms with Crippen molar-refractivity contribution in [2.45, 2.75) is 32.5 Å². The molecule has 0 bridgehead atoms. The van der Waals surface area contributed by atoms with Crippen LogP contribution in [0.3, 0.4) is 0 Å². The van der Waals surface area contributed by atoms with E-state index in [0.29, 0.717) is 18.4 Å². The van der Waals surface area contributed by atoms with Crippen molar-refractivity contribution in [3.05, 3.63) is 39.4 Å². The smallest absolute Gasteiger partial charge is 0.450 e. The summed E-state index contributed by atoms with van der Waals surface area (Å²) < 4.78 is 10.0. The first-order chi connectivity index (χ1) is 10.4. The molecule has 0 atom stereocenters. The van der Waals surface area contributed by atoms with Crippen LogP contribution in [0.1, 0.15) is 37.0 Å². The molecule has 2 rings (SSSR count). The molecule has 0 amide bonds. The van der Waals surface area contributed by atoms with Crippen molar-refractivity contribution >= 4 is 33.8 Å². The summed E-state index contributed by atoms with van der Waals surface area (Å²) in [4.78, 5) is 22.2. The first kappa shape index (κ1) is 16.4. The molecule has 0 saturated carbocycles. The molecule has 0 unspecified atom stereocenters. The number of rotatable bonds is 4. The van der Waals surface area contributed by atoms with Crippen molar-refractivity contribution in [2.75, 3.05) is 0 Å². The highest BCUT2D eigenvalue weighted by Gasteiger charge is 2.52. The summed E-state index contributed by atoms with van der Waals surface area (Å²) in [6, 6.07) is 5.25. The molecular formula is C15H15BrO6. The summed E-state index contributed by atoms with van der Waals surface area (Å²) in [6.45, 7) is 3.86. The van der Waals surface area contributed by atoms with Crippen LogP contribution in [0.15, 0.2) is 22.7 Å². The number of hydrogen-bond donors (Lipinski definition) is 2. The van der Waals surface area contributed by atoms with Crippen molar-refractivity contribution in [3.8, 4) is 0 Å². The van der Waals surface area contributed by atoms with Gasteiger partial charge in [-0.05, 0) is 45.5 Å². The monoisotopic (exact) mass is 370 g/mol. The van der Waals surface area contributed by atoms with E-state index >= 15 is 0 Å². The van der Waals surface area contributed by atoms with Gasteiger partial charge in [0.2, 0.25) is 0 Å². The van der Waals surface area contributed by atoms with Crippen molar-refractivity contribution in [1.29, 1.82) is 0 Å². The van der Waals surface area contributed by atoms with Crippen LogP contribution in [0, 0.1) is 0 Å². The van der Waals surface area contributed by atoms with E-state index in [1.807, 2.05) is 19.9 Å². The van der Waals surface area contributed by atoms with E-state index in [-0.39, 0.29) is 4.48 Å². The van der Waals surface area contributed by atoms with Crippen LogP contribution in [-0.2, 0) is 21.7 Å². The highest BCUT2D eigenvalue weighted by atomic mass is 79.9. The molecule has 22 heavy (non-hydrogen) atoms. The second kappa shape index (κ2) is 6.00. The van der Waals surface area contributed by atoms with Crippen molar-refractivity contribution in [3.63, 3.8) is 0 Å². The van der Waals surface area contributed by atoms with Gasteiger partial charge in [-0.25, -0.2) is 9.59 Å². The van der Waals surface area contributed by atoms with Gasteiger partial charge in [-0.3, -0.25) is 0 Å². The number of ether oxygens (including phenoxy) is 2. The lowest BCUT2D eigenvalue weighted by molar-refractivity contribution is -0.156. The minimum absolute atomic E-state index is 0.267. The fourth-order valence-corrected chi connectivity index (χ4v) is 3.60. The van der Waals surface area contributed by atoms with Gasteiger partial charge >= 0.3 is 18.1 Å². The third kappa shape index (κ3) is 2.45. The van der Waals surface area contributed by atoms with Crippen LogP contribution in [-0.4, -0.2) is 22.5 Å². The molecule has 1 aliphatic rings. The van der Waals surface area contributed by atoms with E-state index in [4.69, 9.17) is 19.7 Å². The van der Waals surface area contributed by atoms with Gasteiger partial charge in [-0.2, -0.15) is 0 Å². The minimum Gasteiger partial charge on any atom is -0.450 e. The maximum absolute atomic E-state index is 11.1. The third-order valence-corrected chi connectivity index (χ3v) is 4.56. The summed E-state index contributed by atoms with van der Waals surface area (Å²) >= 11 is 3.29. The Hall–Kier alpha value is -2.02. The Morgan fingerprint density at radius 1 is 1.14 bits per heavy atom. The van der Waals surface area contributed by atoms with E-state index < -0.39 is 18.1 Å². The Kier molecular flexibility index (Phi) is 4.46. The predicted octanol–water partition coefficient (Wildman–Crippen LogP) is 4.32. The fourth-order valence-electron chi connectivity index (χ4n) is 2.75. The summed E-state index contributed by atoms with van der Waals surface area (Å²) in [7, 11) is 0. The molecule has 0 fully saturated rings. The second-order valence-electron chi connectivity index (χ2n) is 4.69. The van der Waals surface area contributed by atoms with Crippen LogP contribution < -0.4 is 0 Å². The van der Waals surface area contributed by atoms with Crippen LogP contribution in [0.2, 0.25) is 0 Å². The maximum Gasteiger partial charge on any atom is 0.509 e. The number of benzene rings is 1. The quantitative estimate of drug-likeness (QED) is 0.605. The maximum atomic E-state index is 11.1. The van der Waals surface area contributed by atoms with Crippen molar-refractivity contribution in [2.24, 2.45) is 0 Å². The van der Waals surface area contributed by atoms with Gasteiger partial charge in [0.1, 0.15) is 0 Å². The van der Waals surface area contributed by atoms with Gasteiger partial charge in [0.15, 0.2) is 0 Å². The highest BCUT2D eigenvalue weighted by molar-refractivity contribution is 9.12. The predicted molar refractivity (Wildman–Crippen MR) is 81.9 cm³/mol. The summed E-state index contributed by atoms with van der Waals surface area (Å²) in [6.07, 6.45) is -1.96. The molecule has 2 N–H and O–H groups in total. The molecule has 118 valence electrons. The number of allylic oxidation sites excluding steroid dienone is 1. The normalized spacial score (nSPS) is 15.4. The fraction of sp³-hybridized carbons (Fsp3) is 0.333. The average Bonchev–Trinajstić information content (AvgIpc) is 2.67. The molecule has 1 aliphatic carbocycles. The Morgan fingerprint density at radius 3 is 2.18 bits per heavy atom. The second-order valence-corrected chi connectivity index (χ2v) is 5.48. The molecule has 1 aromatic rings. The molecule has 0 aliphatic heterocycles. The summed E-state index contributed by atoms with van der Waals surface area (Å²) in [5.74, 6) is -2.01. The molecule has 0 aromatic heterocycles. The zero-order valence-electron chi connectivity index (χ0n) is 12.1. The van der Waals surface area contributed by atoms with Crippen LogP contribution in [0.4, 0.5) is 9.59 Å². The van der Waals surface area contributed by atoms with Gasteiger partial charge in [0.25, 0.3) is 0 Å². The standard InChI is InChI=1S/C15H15BrO6/c1-3-8-6-5-7-10-11(8)9(4-2)12(16)15(10,21-13(17)18)22-14(19)20/h5-7H,3-4H2,1-2H3,(H,17,18)(H,19,20). The highest BCUT2D eigenvalue weighted by Crippen LogP contribution is 2.53. The van der Waals surface area contributed by atoms with Crippen molar-refractivity contribution < 1.29 is 29.3 Å². The lowest BCUT2D eigenvalue weighted by atomic mass is 9.95. The number of hydrogen-bond acceptors (Lipinski definition) is 4. The number of halogens is 1. The largest absolute Gasteiger partial charge is 0.509 e. The molecule has 6 nitrogen and oxygen atoms in total. The summed E-state index contributed by atoms with van der Waals surface area (Å²) in [5.41, 5.74) is 2.90. The lowest BCUT2D eigenvalue weighted by Crippen LogP contribution is -2.36. The molecule has 0 radical (unpaired) electrons. The zero-order chi connectivity index (χ0) is 16.5.